The molecule has 1 aliphatic heterocycles. The Labute approximate surface area is 99.8 Å². The number of aromatic nitrogens is 1. The number of nitrogens with zero attached hydrogens (tertiary/aromatic N) is 2. The van der Waals surface area contributed by atoms with Crippen LogP contribution >= 0.6 is 0 Å². The lowest BCUT2D eigenvalue weighted by Gasteiger charge is -2.28. The zero-order valence-electron chi connectivity index (χ0n) is 9.60. The molecule has 0 spiro atoms. The van der Waals surface area contributed by atoms with Crippen LogP contribution in [0.1, 0.15) is 29.6 Å². The molecule has 0 radical (unpaired) electrons. The van der Waals surface area contributed by atoms with Gasteiger partial charge in [-0.2, -0.15) is 0 Å². The molecule has 17 heavy (non-hydrogen) atoms. The Morgan fingerprint density at radius 3 is 2.88 bits per heavy atom. The summed E-state index contributed by atoms with van der Waals surface area (Å²) in [7, 11) is 0. The molecule has 5 nitrogen and oxygen atoms in total. The van der Waals surface area contributed by atoms with E-state index in [0.29, 0.717) is 17.3 Å². The minimum absolute atomic E-state index is 0.352. The lowest BCUT2D eigenvalue weighted by Crippen LogP contribution is -2.32. The molecule has 4 N–H and O–H groups in total. The van der Waals surface area contributed by atoms with Crippen molar-refractivity contribution < 1.29 is 4.79 Å². The fourth-order valence-corrected chi connectivity index (χ4v) is 3.03. The van der Waals surface area contributed by atoms with Crippen LogP contribution in [0.25, 0.3) is 0 Å². The van der Waals surface area contributed by atoms with Crippen LogP contribution in [0, 0.1) is 5.92 Å². The van der Waals surface area contributed by atoms with Crippen molar-refractivity contribution in [3.8, 4) is 0 Å². The first-order valence-corrected chi connectivity index (χ1v) is 5.97. The van der Waals surface area contributed by atoms with E-state index in [-0.39, 0.29) is 0 Å². The summed E-state index contributed by atoms with van der Waals surface area (Å²) in [5.74, 6) is 1.13. The van der Waals surface area contributed by atoms with E-state index in [4.69, 9.17) is 11.5 Å². The summed E-state index contributed by atoms with van der Waals surface area (Å²) in [4.78, 5) is 17.8. The molecule has 2 heterocycles. The first-order chi connectivity index (χ1) is 8.15. The zero-order valence-corrected chi connectivity index (χ0v) is 9.60. The second-order valence-corrected chi connectivity index (χ2v) is 4.98. The highest BCUT2D eigenvalue weighted by Crippen LogP contribution is 2.39. The highest BCUT2D eigenvalue weighted by molar-refractivity contribution is 5.98. The Kier molecular flexibility index (Phi) is 2.21. The number of rotatable bonds is 2. The van der Waals surface area contributed by atoms with E-state index in [0.717, 1.165) is 18.3 Å². The summed E-state index contributed by atoms with van der Waals surface area (Å²) in [5.41, 5.74) is 11.7. The molecule has 2 fully saturated rings. The van der Waals surface area contributed by atoms with Gasteiger partial charge in [-0.1, -0.05) is 0 Å². The van der Waals surface area contributed by atoms with E-state index in [9.17, 15) is 4.79 Å². The topological polar surface area (TPSA) is 85.2 Å². The number of hydrogen-bond donors (Lipinski definition) is 2. The van der Waals surface area contributed by atoms with Gasteiger partial charge < -0.3 is 16.4 Å². The third-order valence-corrected chi connectivity index (χ3v) is 3.89. The predicted molar refractivity (Wildman–Crippen MR) is 65.6 cm³/mol. The second kappa shape index (κ2) is 3.61. The van der Waals surface area contributed by atoms with Gasteiger partial charge in [-0.3, -0.25) is 4.79 Å². The van der Waals surface area contributed by atoms with Crippen LogP contribution in [-0.2, 0) is 0 Å². The highest BCUT2D eigenvalue weighted by Gasteiger charge is 2.38. The number of piperidine rings is 1. The van der Waals surface area contributed by atoms with Crippen molar-refractivity contribution in [1.29, 1.82) is 0 Å². The minimum atomic E-state index is -0.490. The van der Waals surface area contributed by atoms with Crippen LogP contribution in [0.4, 0.5) is 11.5 Å². The van der Waals surface area contributed by atoms with Crippen molar-refractivity contribution in [1.82, 2.24) is 4.98 Å². The summed E-state index contributed by atoms with van der Waals surface area (Å²) in [6.07, 6.45) is 5.32. The van der Waals surface area contributed by atoms with Crippen molar-refractivity contribution in [2.75, 3.05) is 17.2 Å². The molecule has 90 valence electrons. The van der Waals surface area contributed by atoms with Gasteiger partial charge in [-0.05, 0) is 31.2 Å². The minimum Gasteiger partial charge on any atom is -0.397 e. The summed E-state index contributed by atoms with van der Waals surface area (Å²) < 4.78 is 0. The van der Waals surface area contributed by atoms with Crippen LogP contribution in [0.2, 0.25) is 0 Å². The van der Waals surface area contributed by atoms with E-state index >= 15 is 0 Å². The maximum absolute atomic E-state index is 11.2. The number of hydrogen-bond acceptors (Lipinski definition) is 4. The van der Waals surface area contributed by atoms with Gasteiger partial charge in [-0.25, -0.2) is 4.98 Å². The van der Waals surface area contributed by atoms with Gasteiger partial charge in [0.05, 0.1) is 17.4 Å². The molecule has 1 saturated heterocycles. The molecule has 1 aliphatic carbocycles. The number of anilines is 2. The van der Waals surface area contributed by atoms with Crippen molar-refractivity contribution in [3.05, 3.63) is 17.8 Å². The maximum atomic E-state index is 11.2. The van der Waals surface area contributed by atoms with Crippen molar-refractivity contribution in [2.24, 2.45) is 11.7 Å². The Balaban J connectivity index is 1.93. The van der Waals surface area contributed by atoms with Crippen molar-refractivity contribution in [2.45, 2.75) is 25.3 Å². The first-order valence-electron chi connectivity index (χ1n) is 5.97. The number of carbonyl (C=O) groups excluding carboxylic acids is 1. The summed E-state index contributed by atoms with van der Waals surface area (Å²) in [5, 5.41) is 0. The number of amides is 1. The summed E-state index contributed by atoms with van der Waals surface area (Å²) >= 11 is 0. The molecule has 1 aromatic rings. The van der Waals surface area contributed by atoms with E-state index in [1.807, 2.05) is 0 Å². The van der Waals surface area contributed by atoms with Gasteiger partial charge in [0.1, 0.15) is 5.82 Å². The van der Waals surface area contributed by atoms with Gasteiger partial charge in [0.15, 0.2) is 0 Å². The first kappa shape index (κ1) is 10.4. The van der Waals surface area contributed by atoms with Crippen LogP contribution in [-0.4, -0.2) is 23.5 Å². The average molecular weight is 232 g/mol. The standard InChI is InChI=1S/C12H16N4O/c13-10-5-15-11(4-9(10)12(14)17)16-6-7-1-2-8(16)3-7/h4-5,7-8H,1-3,6,13H2,(H2,14,17). The molecule has 5 heteroatoms. The van der Waals surface area contributed by atoms with Gasteiger partial charge in [0.25, 0.3) is 5.91 Å². The predicted octanol–water partition coefficient (Wildman–Crippen LogP) is 0.751. The fourth-order valence-electron chi connectivity index (χ4n) is 3.03. The molecule has 2 aliphatic rings. The second-order valence-electron chi connectivity index (χ2n) is 4.98. The number of carbonyl (C=O) groups is 1. The van der Waals surface area contributed by atoms with Crippen molar-refractivity contribution in [3.63, 3.8) is 0 Å². The third kappa shape index (κ3) is 1.62. The molecule has 1 amide bonds. The lowest BCUT2D eigenvalue weighted by atomic mass is 10.1. The van der Waals surface area contributed by atoms with Gasteiger partial charge >= 0.3 is 0 Å². The zero-order chi connectivity index (χ0) is 12.0. The quantitative estimate of drug-likeness (QED) is 0.788. The molecule has 2 bridgehead atoms. The number of pyridine rings is 1. The highest BCUT2D eigenvalue weighted by atomic mass is 16.1. The molecular weight excluding hydrogens is 216 g/mol. The molecule has 2 atom stereocenters. The Morgan fingerprint density at radius 1 is 1.47 bits per heavy atom. The largest absolute Gasteiger partial charge is 0.397 e. The molecule has 0 aromatic carbocycles. The normalized spacial score (nSPS) is 26.5. The fraction of sp³-hybridized carbons (Fsp3) is 0.500. The maximum Gasteiger partial charge on any atom is 0.250 e. The SMILES string of the molecule is NC(=O)c1cc(N2CC3CCC2C3)ncc1N. The Bertz CT molecular complexity index is 474. The smallest absolute Gasteiger partial charge is 0.250 e. The summed E-state index contributed by atoms with van der Waals surface area (Å²) in [6, 6.07) is 2.30. The average Bonchev–Trinajstić information content (AvgIpc) is 2.91. The molecular formula is C12H16N4O. The summed E-state index contributed by atoms with van der Waals surface area (Å²) in [6.45, 7) is 1.04. The number of nitrogen functional groups attached to an aromatic ring is 1. The van der Waals surface area contributed by atoms with Gasteiger partial charge in [0.2, 0.25) is 0 Å². The van der Waals surface area contributed by atoms with E-state index in [1.54, 1.807) is 6.07 Å². The Hall–Kier alpha value is -1.78. The lowest BCUT2D eigenvalue weighted by molar-refractivity contribution is 0.100. The van der Waals surface area contributed by atoms with Crippen LogP contribution in [0.3, 0.4) is 0 Å². The van der Waals surface area contributed by atoms with Crippen LogP contribution < -0.4 is 16.4 Å². The molecule has 1 saturated carbocycles. The molecule has 1 aromatic heterocycles. The third-order valence-electron chi connectivity index (χ3n) is 3.89. The van der Waals surface area contributed by atoms with Crippen LogP contribution in [0.15, 0.2) is 12.3 Å². The molecule has 2 unspecified atom stereocenters. The van der Waals surface area contributed by atoms with E-state index in [2.05, 4.69) is 9.88 Å². The molecule has 3 rings (SSSR count). The van der Waals surface area contributed by atoms with E-state index in [1.165, 1.54) is 25.5 Å². The Morgan fingerprint density at radius 2 is 2.29 bits per heavy atom. The number of fused-ring (bicyclic) bond motifs is 2. The number of primary amides is 1. The van der Waals surface area contributed by atoms with Gasteiger partial charge in [-0.15, -0.1) is 0 Å². The van der Waals surface area contributed by atoms with E-state index < -0.39 is 5.91 Å². The van der Waals surface area contributed by atoms with Gasteiger partial charge in [0, 0.05) is 12.6 Å². The van der Waals surface area contributed by atoms with Crippen LogP contribution in [0.5, 0.6) is 0 Å². The monoisotopic (exact) mass is 232 g/mol. The van der Waals surface area contributed by atoms with Crippen molar-refractivity contribution >= 4 is 17.4 Å². The number of nitrogens with two attached hydrogens (primary N) is 2.